The molecule has 0 atom stereocenters. The van der Waals surface area contributed by atoms with Crippen LogP contribution in [0.5, 0.6) is 11.5 Å². The molecule has 1 N–H and O–H groups in total. The van der Waals surface area contributed by atoms with Gasteiger partial charge in [0.15, 0.2) is 6.61 Å². The van der Waals surface area contributed by atoms with E-state index in [-0.39, 0.29) is 18.3 Å². The van der Waals surface area contributed by atoms with Crippen LogP contribution in [0.25, 0.3) is 0 Å². The van der Waals surface area contributed by atoms with E-state index in [9.17, 15) is 13.6 Å². The summed E-state index contributed by atoms with van der Waals surface area (Å²) in [6, 6.07) is 11.0. The van der Waals surface area contributed by atoms with Crippen molar-refractivity contribution in [2.75, 3.05) is 13.2 Å². The summed E-state index contributed by atoms with van der Waals surface area (Å²) in [4.78, 5) is 11.7. The van der Waals surface area contributed by atoms with E-state index < -0.39 is 6.61 Å². The molecule has 8 heteroatoms. The van der Waals surface area contributed by atoms with Gasteiger partial charge in [-0.05, 0) is 36.2 Å². The minimum absolute atomic E-state index is 0.0952. The van der Waals surface area contributed by atoms with Crippen molar-refractivity contribution in [3.63, 3.8) is 0 Å². The van der Waals surface area contributed by atoms with Gasteiger partial charge in [0.2, 0.25) is 0 Å². The monoisotopic (exact) mass is 389 g/mol. The molecule has 1 amide bonds. The van der Waals surface area contributed by atoms with Gasteiger partial charge >= 0.3 is 6.61 Å². The molecule has 0 aliphatic rings. The summed E-state index contributed by atoms with van der Waals surface area (Å²) >= 11 is 11.6. The summed E-state index contributed by atoms with van der Waals surface area (Å²) in [5, 5.41) is 3.45. The first kappa shape index (κ1) is 19.3. The van der Waals surface area contributed by atoms with Crippen molar-refractivity contribution < 1.29 is 23.0 Å². The molecule has 0 bridgehead atoms. The number of ether oxygens (including phenoxy) is 2. The Labute approximate surface area is 153 Å². The first-order chi connectivity index (χ1) is 11.9. The summed E-state index contributed by atoms with van der Waals surface area (Å²) in [6.45, 7) is -2.61. The van der Waals surface area contributed by atoms with E-state index in [1.807, 2.05) is 0 Å². The molecule has 0 spiro atoms. The summed E-state index contributed by atoms with van der Waals surface area (Å²) in [6.07, 6.45) is 0.549. The van der Waals surface area contributed by atoms with E-state index in [0.717, 1.165) is 5.56 Å². The van der Waals surface area contributed by atoms with Gasteiger partial charge in [0, 0.05) is 12.6 Å². The molecule has 0 heterocycles. The third-order valence-corrected chi connectivity index (χ3v) is 3.88. The number of carbonyl (C=O) groups excluding carboxylic acids is 1. The van der Waals surface area contributed by atoms with E-state index in [2.05, 4.69) is 10.1 Å². The lowest BCUT2D eigenvalue weighted by Crippen LogP contribution is -2.30. The highest BCUT2D eigenvalue weighted by molar-refractivity contribution is 6.42. The SMILES string of the molecule is O=C(COc1ccc(Cl)c(Cl)c1)NCCc1ccc(OC(F)F)cc1. The second-order valence-electron chi connectivity index (χ2n) is 4.99. The Bertz CT molecular complexity index is 712. The lowest BCUT2D eigenvalue weighted by molar-refractivity contribution is -0.123. The van der Waals surface area contributed by atoms with Crippen LogP contribution in [0.3, 0.4) is 0 Å². The van der Waals surface area contributed by atoms with E-state index >= 15 is 0 Å². The number of benzene rings is 2. The van der Waals surface area contributed by atoms with Crippen molar-refractivity contribution in [1.82, 2.24) is 5.32 Å². The molecule has 2 aromatic rings. The fourth-order valence-corrected chi connectivity index (χ4v) is 2.24. The van der Waals surface area contributed by atoms with Crippen molar-refractivity contribution in [3.8, 4) is 11.5 Å². The summed E-state index contributed by atoms with van der Waals surface area (Å²) in [7, 11) is 0. The first-order valence-electron chi connectivity index (χ1n) is 7.32. The fraction of sp³-hybridized carbons (Fsp3) is 0.235. The van der Waals surface area contributed by atoms with Crippen LogP contribution < -0.4 is 14.8 Å². The number of hydrogen-bond acceptors (Lipinski definition) is 3. The zero-order valence-electron chi connectivity index (χ0n) is 13.0. The maximum atomic E-state index is 12.1. The van der Waals surface area contributed by atoms with Crippen molar-refractivity contribution in [1.29, 1.82) is 0 Å². The van der Waals surface area contributed by atoms with E-state index in [0.29, 0.717) is 28.8 Å². The molecule has 0 saturated carbocycles. The Balaban J connectivity index is 1.70. The second kappa shape index (κ2) is 9.44. The first-order valence-corrected chi connectivity index (χ1v) is 8.08. The minimum atomic E-state index is -2.85. The largest absolute Gasteiger partial charge is 0.484 e. The highest BCUT2D eigenvalue weighted by atomic mass is 35.5. The molecule has 4 nitrogen and oxygen atoms in total. The molecule has 2 aromatic carbocycles. The number of alkyl halides is 2. The van der Waals surface area contributed by atoms with Crippen LogP contribution in [0.15, 0.2) is 42.5 Å². The van der Waals surface area contributed by atoms with Crippen molar-refractivity contribution in [3.05, 3.63) is 58.1 Å². The van der Waals surface area contributed by atoms with E-state index in [1.54, 1.807) is 24.3 Å². The number of rotatable bonds is 8. The number of halogens is 4. The molecule has 2 rings (SSSR count). The second-order valence-corrected chi connectivity index (χ2v) is 5.80. The van der Waals surface area contributed by atoms with Gasteiger partial charge in [-0.15, -0.1) is 0 Å². The molecule has 0 aromatic heterocycles. The number of carbonyl (C=O) groups is 1. The molecule has 0 aliphatic carbocycles. The Kier molecular flexibility index (Phi) is 7.28. The van der Waals surface area contributed by atoms with Gasteiger partial charge in [0.1, 0.15) is 11.5 Å². The average molecular weight is 390 g/mol. The summed E-state index contributed by atoms with van der Waals surface area (Å²) in [5.74, 6) is 0.251. The molecule has 0 radical (unpaired) electrons. The smallest absolute Gasteiger partial charge is 0.387 e. The molecule has 0 aliphatic heterocycles. The van der Waals surface area contributed by atoms with Crippen LogP contribution in [-0.4, -0.2) is 25.7 Å². The number of nitrogens with one attached hydrogen (secondary N) is 1. The van der Waals surface area contributed by atoms with Gasteiger partial charge in [0.25, 0.3) is 5.91 Å². The van der Waals surface area contributed by atoms with Gasteiger partial charge < -0.3 is 14.8 Å². The van der Waals surface area contributed by atoms with Crippen molar-refractivity contribution >= 4 is 29.1 Å². The topological polar surface area (TPSA) is 47.6 Å². The molecule has 134 valence electrons. The quantitative estimate of drug-likeness (QED) is 0.730. The van der Waals surface area contributed by atoms with E-state index in [4.69, 9.17) is 27.9 Å². The van der Waals surface area contributed by atoms with Gasteiger partial charge in [-0.2, -0.15) is 8.78 Å². The Morgan fingerprint density at radius 1 is 1.04 bits per heavy atom. The molecule has 0 fully saturated rings. The van der Waals surface area contributed by atoms with Crippen LogP contribution in [-0.2, 0) is 11.2 Å². The number of amides is 1. The predicted octanol–water partition coefficient (Wildman–Crippen LogP) is 4.33. The average Bonchev–Trinajstić information content (AvgIpc) is 2.57. The van der Waals surface area contributed by atoms with Gasteiger partial charge in [-0.25, -0.2) is 0 Å². The van der Waals surface area contributed by atoms with Crippen LogP contribution in [0.1, 0.15) is 5.56 Å². The zero-order chi connectivity index (χ0) is 18.2. The van der Waals surface area contributed by atoms with Gasteiger partial charge in [-0.1, -0.05) is 35.3 Å². The van der Waals surface area contributed by atoms with Crippen LogP contribution in [0, 0.1) is 0 Å². The fourth-order valence-electron chi connectivity index (χ4n) is 1.95. The Morgan fingerprint density at radius 2 is 1.72 bits per heavy atom. The highest BCUT2D eigenvalue weighted by Crippen LogP contribution is 2.26. The molecule has 25 heavy (non-hydrogen) atoms. The third-order valence-electron chi connectivity index (χ3n) is 3.15. The normalized spacial score (nSPS) is 10.6. The maximum absolute atomic E-state index is 12.1. The predicted molar refractivity (Wildman–Crippen MR) is 91.7 cm³/mol. The summed E-state index contributed by atoms with van der Waals surface area (Å²) in [5.41, 5.74) is 0.882. The lowest BCUT2D eigenvalue weighted by Gasteiger charge is -2.09. The summed E-state index contributed by atoms with van der Waals surface area (Å²) < 4.78 is 33.7. The van der Waals surface area contributed by atoms with Gasteiger partial charge in [0.05, 0.1) is 10.0 Å². The molecular weight excluding hydrogens is 375 g/mol. The standard InChI is InChI=1S/C17H15Cl2F2NO3/c18-14-6-5-13(9-15(14)19)24-10-16(23)22-8-7-11-1-3-12(4-2-11)25-17(20)21/h1-6,9,17H,7-8,10H2,(H,22,23). The molecular formula is C17H15Cl2F2NO3. The van der Waals surface area contributed by atoms with Gasteiger partial charge in [-0.3, -0.25) is 4.79 Å². The van der Waals surface area contributed by atoms with E-state index in [1.165, 1.54) is 18.2 Å². The minimum Gasteiger partial charge on any atom is -0.484 e. The lowest BCUT2D eigenvalue weighted by atomic mass is 10.1. The van der Waals surface area contributed by atoms with Crippen LogP contribution in [0.4, 0.5) is 8.78 Å². The van der Waals surface area contributed by atoms with Crippen LogP contribution >= 0.6 is 23.2 Å². The van der Waals surface area contributed by atoms with Crippen molar-refractivity contribution in [2.24, 2.45) is 0 Å². The highest BCUT2D eigenvalue weighted by Gasteiger charge is 2.06. The zero-order valence-corrected chi connectivity index (χ0v) is 14.5. The Morgan fingerprint density at radius 3 is 2.36 bits per heavy atom. The Hall–Kier alpha value is -2.05. The maximum Gasteiger partial charge on any atom is 0.387 e. The van der Waals surface area contributed by atoms with Crippen molar-refractivity contribution in [2.45, 2.75) is 13.0 Å². The third kappa shape index (κ3) is 6.76. The number of hydrogen-bond donors (Lipinski definition) is 1. The molecule has 0 saturated heterocycles. The molecule has 0 unspecified atom stereocenters. The van der Waals surface area contributed by atoms with Crippen LogP contribution in [0.2, 0.25) is 10.0 Å².